The van der Waals surface area contributed by atoms with Gasteiger partial charge in [-0.15, -0.1) is 0 Å². The van der Waals surface area contributed by atoms with Crippen molar-refractivity contribution in [1.29, 1.82) is 0 Å². The van der Waals surface area contributed by atoms with Crippen LogP contribution in [0.1, 0.15) is 18.4 Å². The molecular formula is C15H18FNO4. The smallest absolute Gasteiger partial charge is 0.329 e. The van der Waals surface area contributed by atoms with Gasteiger partial charge < -0.3 is 15.2 Å². The van der Waals surface area contributed by atoms with Crippen molar-refractivity contribution in [2.75, 3.05) is 19.8 Å². The normalized spacial score (nSPS) is 15.5. The Morgan fingerprint density at radius 1 is 1.33 bits per heavy atom. The lowest BCUT2D eigenvalue weighted by Gasteiger charge is -2.15. The molecule has 2 rings (SSSR count). The highest BCUT2D eigenvalue weighted by molar-refractivity contribution is 5.85. The minimum absolute atomic E-state index is 0.121. The topological polar surface area (TPSA) is 75.6 Å². The Kier molecular flexibility index (Phi) is 4.90. The summed E-state index contributed by atoms with van der Waals surface area (Å²) in [7, 11) is 0. The Morgan fingerprint density at radius 2 is 2.05 bits per heavy atom. The summed E-state index contributed by atoms with van der Waals surface area (Å²) in [6.07, 6.45) is 1.87. The van der Waals surface area contributed by atoms with E-state index in [9.17, 15) is 14.0 Å². The number of hydrogen-bond donors (Lipinski definition) is 2. The van der Waals surface area contributed by atoms with E-state index in [0.717, 1.165) is 12.8 Å². The lowest BCUT2D eigenvalue weighted by Crippen LogP contribution is -2.35. The summed E-state index contributed by atoms with van der Waals surface area (Å²) in [6, 6.07) is 6.46. The number of carboxylic acid groups (broad SMARTS) is 1. The van der Waals surface area contributed by atoms with Gasteiger partial charge in [-0.2, -0.15) is 0 Å². The number of halogens is 1. The van der Waals surface area contributed by atoms with E-state index in [4.69, 9.17) is 9.84 Å². The first-order valence-electron chi connectivity index (χ1n) is 6.85. The number of nitrogens with one attached hydrogen (secondary N) is 1. The van der Waals surface area contributed by atoms with E-state index in [1.807, 2.05) is 0 Å². The molecule has 0 radical (unpaired) electrons. The second-order valence-electron chi connectivity index (χ2n) is 5.25. The summed E-state index contributed by atoms with van der Waals surface area (Å²) in [5, 5.41) is 11.1. The van der Waals surface area contributed by atoms with Crippen molar-refractivity contribution in [2.45, 2.75) is 19.3 Å². The number of benzene rings is 1. The molecule has 114 valence electrons. The maximum absolute atomic E-state index is 13.6. The third kappa shape index (κ3) is 4.26. The average molecular weight is 295 g/mol. The molecule has 1 saturated carbocycles. The predicted octanol–water partition coefficient (Wildman–Crippen LogP) is 1.37. The van der Waals surface area contributed by atoms with Crippen molar-refractivity contribution >= 4 is 11.9 Å². The van der Waals surface area contributed by atoms with Crippen LogP contribution in [0, 0.1) is 11.2 Å². The van der Waals surface area contributed by atoms with E-state index in [1.165, 1.54) is 6.07 Å². The summed E-state index contributed by atoms with van der Waals surface area (Å²) in [4.78, 5) is 22.4. The van der Waals surface area contributed by atoms with Crippen molar-refractivity contribution in [3.05, 3.63) is 35.6 Å². The van der Waals surface area contributed by atoms with Gasteiger partial charge in [0.15, 0.2) is 0 Å². The van der Waals surface area contributed by atoms with Crippen LogP contribution in [0.5, 0.6) is 0 Å². The third-order valence-corrected chi connectivity index (χ3v) is 3.58. The summed E-state index contributed by atoms with van der Waals surface area (Å²) in [5.41, 5.74) is 0.0295. The van der Waals surface area contributed by atoms with Crippen LogP contribution in [0.15, 0.2) is 24.3 Å². The van der Waals surface area contributed by atoms with Crippen molar-refractivity contribution in [3.8, 4) is 0 Å². The molecule has 21 heavy (non-hydrogen) atoms. The minimum atomic E-state index is -1.04. The van der Waals surface area contributed by atoms with Gasteiger partial charge in [0.05, 0.1) is 12.0 Å². The lowest BCUT2D eigenvalue weighted by molar-refractivity contribution is -0.142. The van der Waals surface area contributed by atoms with Gasteiger partial charge in [-0.05, 0) is 30.9 Å². The summed E-state index contributed by atoms with van der Waals surface area (Å²) in [5.74, 6) is -1.45. The van der Waals surface area contributed by atoms with Gasteiger partial charge in [0.2, 0.25) is 5.91 Å². The molecule has 1 aromatic carbocycles. The molecule has 0 aliphatic heterocycles. The molecule has 6 heteroatoms. The number of rotatable bonds is 8. The Hall–Kier alpha value is -1.95. The molecule has 0 atom stereocenters. The van der Waals surface area contributed by atoms with E-state index in [1.54, 1.807) is 18.2 Å². The van der Waals surface area contributed by atoms with Crippen LogP contribution >= 0.6 is 0 Å². The zero-order valence-electron chi connectivity index (χ0n) is 11.6. The molecule has 2 N–H and O–H groups in total. The zero-order chi connectivity index (χ0) is 15.3. The standard InChI is InChI=1S/C15H18FNO4/c16-12-4-2-1-3-11(12)9-15(5-6-15)14(20)17-7-8-21-10-13(18)19/h1-4H,5-10H2,(H,17,20)(H,18,19). The first-order chi connectivity index (χ1) is 10.0. The van der Waals surface area contributed by atoms with Crippen molar-refractivity contribution in [3.63, 3.8) is 0 Å². The van der Waals surface area contributed by atoms with Crippen molar-refractivity contribution in [1.82, 2.24) is 5.32 Å². The van der Waals surface area contributed by atoms with Gasteiger partial charge in [-0.25, -0.2) is 9.18 Å². The van der Waals surface area contributed by atoms with Crippen LogP contribution in [0.25, 0.3) is 0 Å². The number of ether oxygens (including phenoxy) is 1. The van der Waals surface area contributed by atoms with Crippen LogP contribution in [0.4, 0.5) is 4.39 Å². The molecule has 1 amide bonds. The molecule has 1 aromatic rings. The molecule has 1 aliphatic rings. The molecule has 0 heterocycles. The first kappa shape index (κ1) is 15.4. The minimum Gasteiger partial charge on any atom is -0.480 e. The second kappa shape index (κ2) is 6.67. The SMILES string of the molecule is O=C(O)COCCNC(=O)C1(Cc2ccccc2F)CC1. The Labute approximate surface area is 122 Å². The number of hydrogen-bond acceptors (Lipinski definition) is 3. The van der Waals surface area contributed by atoms with Crippen LogP contribution in [-0.2, 0) is 20.7 Å². The van der Waals surface area contributed by atoms with Gasteiger partial charge in [-0.1, -0.05) is 18.2 Å². The van der Waals surface area contributed by atoms with Crippen LogP contribution in [0.2, 0.25) is 0 Å². The quantitative estimate of drug-likeness (QED) is 0.710. The van der Waals surface area contributed by atoms with E-state index in [0.29, 0.717) is 12.0 Å². The summed E-state index contributed by atoms with van der Waals surface area (Å²) < 4.78 is 18.5. The maximum atomic E-state index is 13.6. The maximum Gasteiger partial charge on any atom is 0.329 e. The largest absolute Gasteiger partial charge is 0.480 e. The number of carbonyl (C=O) groups is 2. The Bertz CT molecular complexity index is 528. The zero-order valence-corrected chi connectivity index (χ0v) is 11.6. The predicted molar refractivity (Wildman–Crippen MR) is 73.2 cm³/mol. The fourth-order valence-electron chi connectivity index (χ4n) is 2.23. The van der Waals surface area contributed by atoms with Crippen molar-refractivity contribution in [2.24, 2.45) is 5.41 Å². The molecule has 5 nitrogen and oxygen atoms in total. The fourth-order valence-corrected chi connectivity index (χ4v) is 2.23. The number of carboxylic acids is 1. The van der Waals surface area contributed by atoms with E-state index >= 15 is 0 Å². The van der Waals surface area contributed by atoms with Crippen molar-refractivity contribution < 1.29 is 23.8 Å². The Morgan fingerprint density at radius 3 is 2.67 bits per heavy atom. The molecular weight excluding hydrogens is 277 g/mol. The van der Waals surface area contributed by atoms with E-state index in [-0.39, 0.29) is 31.5 Å². The van der Waals surface area contributed by atoms with Gasteiger partial charge in [0.1, 0.15) is 12.4 Å². The first-order valence-corrected chi connectivity index (χ1v) is 6.85. The average Bonchev–Trinajstić information content (AvgIpc) is 3.21. The molecule has 0 spiro atoms. The lowest BCUT2D eigenvalue weighted by atomic mass is 9.95. The van der Waals surface area contributed by atoms with Crippen LogP contribution in [0.3, 0.4) is 0 Å². The molecule has 0 aromatic heterocycles. The summed E-state index contributed by atoms with van der Waals surface area (Å²) in [6.45, 7) is 0.0230. The van der Waals surface area contributed by atoms with Gasteiger partial charge in [0, 0.05) is 6.54 Å². The highest BCUT2D eigenvalue weighted by atomic mass is 19.1. The second-order valence-corrected chi connectivity index (χ2v) is 5.25. The van der Waals surface area contributed by atoms with E-state index in [2.05, 4.69) is 5.32 Å². The van der Waals surface area contributed by atoms with E-state index < -0.39 is 11.4 Å². The number of aliphatic carboxylic acids is 1. The monoisotopic (exact) mass is 295 g/mol. The molecule has 1 fully saturated rings. The Balaban J connectivity index is 1.79. The number of amides is 1. The van der Waals surface area contributed by atoms with Crippen LogP contribution < -0.4 is 5.32 Å². The third-order valence-electron chi connectivity index (χ3n) is 3.58. The van der Waals surface area contributed by atoms with Gasteiger partial charge in [0.25, 0.3) is 0 Å². The van der Waals surface area contributed by atoms with Gasteiger partial charge >= 0.3 is 5.97 Å². The molecule has 1 aliphatic carbocycles. The molecule has 0 bridgehead atoms. The van der Waals surface area contributed by atoms with Gasteiger partial charge in [-0.3, -0.25) is 4.79 Å². The molecule has 0 unspecified atom stereocenters. The fraction of sp³-hybridized carbons (Fsp3) is 0.467. The molecule has 0 saturated heterocycles. The number of carbonyl (C=O) groups excluding carboxylic acids is 1. The summed E-state index contributed by atoms with van der Waals surface area (Å²) >= 11 is 0. The highest BCUT2D eigenvalue weighted by Gasteiger charge is 2.49. The highest BCUT2D eigenvalue weighted by Crippen LogP contribution is 2.48. The van der Waals surface area contributed by atoms with Crippen LogP contribution in [-0.4, -0.2) is 36.7 Å².